The molecule has 0 fully saturated rings. The number of fused-ring (bicyclic) bond motifs is 1. The molecule has 0 spiro atoms. The van der Waals surface area contributed by atoms with Gasteiger partial charge in [0.05, 0.1) is 5.92 Å². The fourth-order valence-corrected chi connectivity index (χ4v) is 5.54. The lowest BCUT2D eigenvalue weighted by Gasteiger charge is -2.22. The number of ketones is 1. The molecule has 2 aromatic rings. The second kappa shape index (κ2) is 11.7. The van der Waals surface area contributed by atoms with Gasteiger partial charge < -0.3 is 0 Å². The summed E-state index contributed by atoms with van der Waals surface area (Å²) in [7, 11) is 0. The van der Waals surface area contributed by atoms with E-state index in [9.17, 15) is 4.79 Å². The molecule has 0 radical (unpaired) electrons. The van der Waals surface area contributed by atoms with Crippen molar-refractivity contribution >= 4 is 17.4 Å². The first-order valence-corrected chi connectivity index (χ1v) is 13.5. The topological polar surface area (TPSA) is 17.1 Å². The van der Waals surface area contributed by atoms with Gasteiger partial charge in [-0.2, -0.15) is 0 Å². The minimum atomic E-state index is -0.197. The van der Waals surface area contributed by atoms with Crippen molar-refractivity contribution in [2.75, 3.05) is 0 Å². The molecular weight excluding hydrogens is 424 g/mol. The summed E-state index contributed by atoms with van der Waals surface area (Å²) in [6, 6.07) is 16.7. The zero-order valence-electron chi connectivity index (χ0n) is 21.8. The van der Waals surface area contributed by atoms with Crippen LogP contribution in [-0.2, 0) is 4.79 Å². The third-order valence-electron chi connectivity index (χ3n) is 7.54. The smallest absolute Gasteiger partial charge is 0.171 e. The lowest BCUT2D eigenvalue weighted by Crippen LogP contribution is -2.17. The highest BCUT2D eigenvalue weighted by Crippen LogP contribution is 2.41. The predicted octanol–water partition coefficient (Wildman–Crippen LogP) is 9.58. The Bertz CT molecular complexity index is 1170. The van der Waals surface area contributed by atoms with E-state index in [1.165, 1.54) is 60.8 Å². The number of rotatable bonds is 12. The maximum atomic E-state index is 14.2. The van der Waals surface area contributed by atoms with Crippen LogP contribution in [0.1, 0.15) is 106 Å². The molecule has 0 saturated heterocycles. The van der Waals surface area contributed by atoms with Gasteiger partial charge in [-0.3, -0.25) is 4.79 Å². The molecule has 0 saturated carbocycles. The van der Waals surface area contributed by atoms with Gasteiger partial charge >= 0.3 is 0 Å². The highest BCUT2D eigenvalue weighted by Gasteiger charge is 2.31. The lowest BCUT2D eigenvalue weighted by molar-refractivity contribution is -0.116. The molecule has 1 heteroatoms. The van der Waals surface area contributed by atoms with Crippen molar-refractivity contribution in [2.24, 2.45) is 0 Å². The monoisotopic (exact) mass is 464 g/mol. The van der Waals surface area contributed by atoms with E-state index in [1.807, 2.05) is 18.2 Å². The standard InChI is InChI=1S/C34H40O/c1-5-6-7-8-9-14-26-19-20-27(21-26)22-33(31-18-13-12-16-29(31)24(2)3)34(35)32-23-28-15-10-11-17-30(28)25(32)4/h10-13,15-18,20-21,23-24,33H,4-9,14,19,22H2,1-3H3. The van der Waals surface area contributed by atoms with Gasteiger partial charge in [-0.25, -0.2) is 0 Å². The molecule has 0 heterocycles. The first-order chi connectivity index (χ1) is 17.0. The van der Waals surface area contributed by atoms with Crippen LogP contribution in [0.15, 0.2) is 84.0 Å². The molecule has 4 rings (SSSR count). The fourth-order valence-electron chi connectivity index (χ4n) is 5.54. The third-order valence-corrected chi connectivity index (χ3v) is 7.54. The summed E-state index contributed by atoms with van der Waals surface area (Å²) in [5.41, 5.74) is 9.09. The molecule has 0 N–H and O–H groups in total. The molecule has 2 aromatic carbocycles. The van der Waals surface area contributed by atoms with E-state index in [0.717, 1.165) is 35.1 Å². The molecule has 1 nitrogen and oxygen atoms in total. The zero-order chi connectivity index (χ0) is 24.8. The number of carbonyl (C=O) groups excluding carboxylic acids is 1. The fraction of sp³-hybridized carbons (Fsp3) is 0.382. The Morgan fingerprint density at radius 2 is 1.63 bits per heavy atom. The number of unbranched alkanes of at least 4 members (excludes halogenated alkanes) is 4. The van der Waals surface area contributed by atoms with Crippen molar-refractivity contribution in [3.63, 3.8) is 0 Å². The summed E-state index contributed by atoms with van der Waals surface area (Å²) in [5, 5.41) is 0. The number of Topliss-reactive ketones (excluding diaryl/α,β-unsaturated/α-hetero) is 1. The average molecular weight is 465 g/mol. The Morgan fingerprint density at radius 1 is 0.914 bits per heavy atom. The minimum absolute atomic E-state index is 0.196. The van der Waals surface area contributed by atoms with Crippen molar-refractivity contribution in [1.82, 2.24) is 0 Å². The molecule has 1 unspecified atom stereocenters. The number of hydrogen-bond donors (Lipinski definition) is 0. The second-order valence-electron chi connectivity index (χ2n) is 10.5. The van der Waals surface area contributed by atoms with Crippen LogP contribution in [0.2, 0.25) is 0 Å². The van der Waals surface area contributed by atoms with Gasteiger partial charge in [-0.1, -0.05) is 125 Å². The van der Waals surface area contributed by atoms with Gasteiger partial charge in [0, 0.05) is 5.57 Å². The van der Waals surface area contributed by atoms with Crippen LogP contribution in [0.5, 0.6) is 0 Å². The highest BCUT2D eigenvalue weighted by molar-refractivity contribution is 6.19. The van der Waals surface area contributed by atoms with Crippen LogP contribution in [0.3, 0.4) is 0 Å². The predicted molar refractivity (Wildman–Crippen MR) is 151 cm³/mol. The SMILES string of the molecule is C=C1C(C(=O)C(CC2=CCC(CCCCCCC)=C2)c2ccccc2C(C)C)=Cc2ccccc21. The maximum Gasteiger partial charge on any atom is 0.171 e. The van der Waals surface area contributed by atoms with Crippen molar-refractivity contribution in [2.45, 2.75) is 84.0 Å². The minimum Gasteiger partial charge on any atom is -0.293 e. The largest absolute Gasteiger partial charge is 0.293 e. The molecule has 182 valence electrons. The van der Waals surface area contributed by atoms with Crippen molar-refractivity contribution < 1.29 is 4.79 Å². The van der Waals surface area contributed by atoms with Crippen LogP contribution in [0.25, 0.3) is 11.6 Å². The van der Waals surface area contributed by atoms with E-state index in [1.54, 1.807) is 0 Å². The number of benzene rings is 2. The lowest BCUT2D eigenvalue weighted by atomic mass is 9.80. The molecular formula is C34H40O. The summed E-state index contributed by atoms with van der Waals surface area (Å²) in [4.78, 5) is 14.2. The molecule has 0 aromatic heterocycles. The van der Waals surface area contributed by atoms with Crippen LogP contribution in [0, 0.1) is 0 Å². The number of allylic oxidation sites excluding steroid dienone is 6. The summed E-state index contributed by atoms with van der Waals surface area (Å²) < 4.78 is 0. The zero-order valence-corrected chi connectivity index (χ0v) is 21.8. The van der Waals surface area contributed by atoms with Crippen LogP contribution in [-0.4, -0.2) is 5.78 Å². The molecule has 0 bridgehead atoms. The van der Waals surface area contributed by atoms with Crippen molar-refractivity contribution in [3.8, 4) is 0 Å². The first-order valence-electron chi connectivity index (χ1n) is 13.5. The molecule has 2 aliphatic carbocycles. The van der Waals surface area contributed by atoms with Gasteiger partial charge in [-0.15, -0.1) is 0 Å². The Hall–Kier alpha value is -2.93. The maximum absolute atomic E-state index is 14.2. The van der Waals surface area contributed by atoms with E-state index < -0.39 is 0 Å². The Kier molecular flexibility index (Phi) is 8.39. The normalized spacial score (nSPS) is 15.7. The summed E-state index contributed by atoms with van der Waals surface area (Å²) in [6.45, 7) is 11.0. The van der Waals surface area contributed by atoms with E-state index in [0.29, 0.717) is 5.92 Å². The highest BCUT2D eigenvalue weighted by atomic mass is 16.1. The first kappa shape index (κ1) is 25.2. The average Bonchev–Trinajstić information content (AvgIpc) is 3.46. The molecule has 0 aliphatic heterocycles. The summed E-state index contributed by atoms with van der Waals surface area (Å²) in [6.07, 6.45) is 16.3. The third kappa shape index (κ3) is 5.84. The number of hydrogen-bond acceptors (Lipinski definition) is 1. The molecule has 35 heavy (non-hydrogen) atoms. The van der Waals surface area contributed by atoms with Gasteiger partial charge in [0.1, 0.15) is 0 Å². The quantitative estimate of drug-likeness (QED) is 0.286. The van der Waals surface area contributed by atoms with Gasteiger partial charge in [0.25, 0.3) is 0 Å². The molecule has 2 aliphatic rings. The summed E-state index contributed by atoms with van der Waals surface area (Å²) in [5.74, 6) is 0.366. The second-order valence-corrected chi connectivity index (χ2v) is 10.5. The van der Waals surface area contributed by atoms with Crippen molar-refractivity contribution in [3.05, 3.63) is 106 Å². The molecule has 1 atom stereocenters. The van der Waals surface area contributed by atoms with E-state index >= 15 is 0 Å². The Labute approximate surface area is 212 Å². The van der Waals surface area contributed by atoms with E-state index in [-0.39, 0.29) is 11.7 Å². The van der Waals surface area contributed by atoms with E-state index in [4.69, 9.17) is 0 Å². The van der Waals surface area contributed by atoms with E-state index in [2.05, 4.69) is 75.9 Å². The van der Waals surface area contributed by atoms with Gasteiger partial charge in [0.15, 0.2) is 5.78 Å². The Morgan fingerprint density at radius 3 is 2.37 bits per heavy atom. The Balaban J connectivity index is 1.58. The van der Waals surface area contributed by atoms with Gasteiger partial charge in [0.2, 0.25) is 0 Å². The molecule has 0 amide bonds. The van der Waals surface area contributed by atoms with Crippen LogP contribution in [0.4, 0.5) is 0 Å². The number of carbonyl (C=O) groups is 1. The van der Waals surface area contributed by atoms with Crippen molar-refractivity contribution in [1.29, 1.82) is 0 Å². The summed E-state index contributed by atoms with van der Waals surface area (Å²) >= 11 is 0. The van der Waals surface area contributed by atoms with Gasteiger partial charge in [-0.05, 0) is 65.5 Å². The van der Waals surface area contributed by atoms with Crippen LogP contribution < -0.4 is 0 Å². The van der Waals surface area contributed by atoms with Crippen LogP contribution >= 0.6 is 0 Å².